The summed E-state index contributed by atoms with van der Waals surface area (Å²) in [5, 5.41) is 4.69. The molecule has 0 aliphatic heterocycles. The summed E-state index contributed by atoms with van der Waals surface area (Å²) in [6.45, 7) is 0. The van der Waals surface area contributed by atoms with Crippen LogP contribution in [0.1, 0.15) is 49.0 Å². The molecule has 0 bridgehead atoms. The fourth-order valence-corrected chi connectivity index (χ4v) is 3.06. The van der Waals surface area contributed by atoms with Crippen molar-refractivity contribution in [3.05, 3.63) is 42.0 Å². The molecule has 5 nitrogen and oxygen atoms in total. The Morgan fingerprint density at radius 1 is 1.38 bits per heavy atom. The van der Waals surface area contributed by atoms with Crippen molar-refractivity contribution in [3.63, 3.8) is 0 Å². The van der Waals surface area contributed by atoms with Crippen LogP contribution < -0.4 is 10.5 Å². The zero-order valence-electron chi connectivity index (χ0n) is 12.4. The van der Waals surface area contributed by atoms with Gasteiger partial charge in [-0.1, -0.05) is 12.8 Å². The molecule has 21 heavy (non-hydrogen) atoms. The number of methoxy groups -OCH3 is 1. The Morgan fingerprint density at radius 2 is 2.19 bits per heavy atom. The molecule has 0 saturated heterocycles. The van der Waals surface area contributed by atoms with Crippen LogP contribution in [0, 0.1) is 0 Å². The minimum Gasteiger partial charge on any atom is -0.495 e. The lowest BCUT2D eigenvalue weighted by atomic mass is 10.0. The van der Waals surface area contributed by atoms with Gasteiger partial charge in [0.15, 0.2) is 0 Å². The van der Waals surface area contributed by atoms with E-state index in [1.807, 2.05) is 6.07 Å². The number of hydrogen-bond donors (Lipinski definition) is 1. The molecule has 1 aliphatic rings. The van der Waals surface area contributed by atoms with Crippen molar-refractivity contribution in [1.82, 2.24) is 14.8 Å². The summed E-state index contributed by atoms with van der Waals surface area (Å²) >= 11 is 0. The van der Waals surface area contributed by atoms with Crippen LogP contribution in [0.5, 0.6) is 5.75 Å². The number of ether oxygens (including phenoxy) is 1. The van der Waals surface area contributed by atoms with Gasteiger partial charge in [0.1, 0.15) is 5.75 Å². The molecule has 2 aromatic heterocycles. The second-order valence-corrected chi connectivity index (χ2v) is 5.65. The van der Waals surface area contributed by atoms with Crippen LogP contribution in [0.25, 0.3) is 0 Å². The first kappa shape index (κ1) is 14.1. The summed E-state index contributed by atoms with van der Waals surface area (Å²) in [6, 6.07) is 4.43. The van der Waals surface area contributed by atoms with Crippen LogP contribution in [0.2, 0.25) is 0 Å². The predicted molar refractivity (Wildman–Crippen MR) is 81.2 cm³/mol. The molecule has 2 heterocycles. The number of aromatic nitrogens is 3. The summed E-state index contributed by atoms with van der Waals surface area (Å²) in [5.41, 5.74) is 8.32. The first-order valence-electron chi connectivity index (χ1n) is 7.55. The summed E-state index contributed by atoms with van der Waals surface area (Å²) in [6.07, 6.45) is 11.3. The third-order valence-corrected chi connectivity index (χ3v) is 4.23. The van der Waals surface area contributed by atoms with E-state index in [0.29, 0.717) is 12.5 Å². The molecule has 112 valence electrons. The Balaban J connectivity index is 1.71. The largest absolute Gasteiger partial charge is 0.495 e. The molecule has 1 fully saturated rings. The van der Waals surface area contributed by atoms with E-state index in [4.69, 9.17) is 15.6 Å². The lowest BCUT2D eigenvalue weighted by Gasteiger charge is -2.14. The van der Waals surface area contributed by atoms with Crippen molar-refractivity contribution in [2.45, 2.75) is 44.2 Å². The van der Waals surface area contributed by atoms with Crippen molar-refractivity contribution < 1.29 is 4.74 Å². The standard InChI is InChI=1S/C16H22N4O/c1-21-16-11-18-8-6-14(16)15(17)10-12-7-9-20(19-12)13-4-2-3-5-13/h6-9,11,13,15H,2-5,10,17H2,1H3. The number of nitrogens with zero attached hydrogens (tertiary/aromatic N) is 3. The second-order valence-electron chi connectivity index (χ2n) is 5.65. The van der Waals surface area contributed by atoms with Gasteiger partial charge in [-0.2, -0.15) is 5.10 Å². The molecule has 2 aromatic rings. The minimum absolute atomic E-state index is 0.130. The highest BCUT2D eigenvalue weighted by atomic mass is 16.5. The molecule has 1 unspecified atom stereocenters. The van der Waals surface area contributed by atoms with Gasteiger partial charge < -0.3 is 10.5 Å². The van der Waals surface area contributed by atoms with Crippen LogP contribution in [0.15, 0.2) is 30.7 Å². The van der Waals surface area contributed by atoms with E-state index in [-0.39, 0.29) is 6.04 Å². The Labute approximate surface area is 125 Å². The molecule has 0 amide bonds. The van der Waals surface area contributed by atoms with Crippen molar-refractivity contribution in [3.8, 4) is 5.75 Å². The van der Waals surface area contributed by atoms with E-state index in [2.05, 4.69) is 21.9 Å². The molecule has 5 heteroatoms. The van der Waals surface area contributed by atoms with E-state index in [1.54, 1.807) is 19.5 Å². The Hall–Kier alpha value is -1.88. The van der Waals surface area contributed by atoms with Gasteiger partial charge in [-0.15, -0.1) is 0 Å². The van der Waals surface area contributed by atoms with E-state index in [0.717, 1.165) is 17.0 Å². The maximum absolute atomic E-state index is 6.31. The molecule has 0 radical (unpaired) electrons. The zero-order valence-corrected chi connectivity index (χ0v) is 12.4. The third kappa shape index (κ3) is 3.08. The van der Waals surface area contributed by atoms with Gasteiger partial charge in [0.2, 0.25) is 0 Å². The first-order valence-corrected chi connectivity index (χ1v) is 7.55. The van der Waals surface area contributed by atoms with Gasteiger partial charge in [-0.05, 0) is 25.0 Å². The smallest absolute Gasteiger partial charge is 0.141 e. The SMILES string of the molecule is COc1cnccc1C(N)Cc1ccn(C2CCCC2)n1. The van der Waals surface area contributed by atoms with Crippen LogP contribution >= 0.6 is 0 Å². The summed E-state index contributed by atoms with van der Waals surface area (Å²) < 4.78 is 7.43. The third-order valence-electron chi connectivity index (χ3n) is 4.23. The molecule has 3 rings (SSSR count). The maximum Gasteiger partial charge on any atom is 0.141 e. The molecule has 0 aromatic carbocycles. The van der Waals surface area contributed by atoms with Gasteiger partial charge in [0.05, 0.1) is 25.0 Å². The quantitative estimate of drug-likeness (QED) is 0.917. The van der Waals surface area contributed by atoms with Crippen molar-refractivity contribution in [2.24, 2.45) is 5.73 Å². The van der Waals surface area contributed by atoms with Gasteiger partial charge in [0, 0.05) is 30.4 Å². The molecule has 1 aliphatic carbocycles. The number of pyridine rings is 1. The Morgan fingerprint density at radius 3 is 2.95 bits per heavy atom. The molecular weight excluding hydrogens is 264 g/mol. The summed E-state index contributed by atoms with van der Waals surface area (Å²) in [4.78, 5) is 4.06. The van der Waals surface area contributed by atoms with Crippen LogP contribution in [0.3, 0.4) is 0 Å². The molecule has 1 saturated carbocycles. The Bertz CT molecular complexity index is 589. The highest BCUT2D eigenvalue weighted by Crippen LogP contribution is 2.29. The van der Waals surface area contributed by atoms with Crippen LogP contribution in [-0.4, -0.2) is 21.9 Å². The predicted octanol–water partition coefficient (Wildman–Crippen LogP) is 2.64. The van der Waals surface area contributed by atoms with Gasteiger partial charge in [0.25, 0.3) is 0 Å². The first-order chi connectivity index (χ1) is 10.3. The normalized spacial score (nSPS) is 17.0. The average Bonchev–Trinajstić information content (AvgIpc) is 3.17. The molecule has 0 spiro atoms. The summed E-state index contributed by atoms with van der Waals surface area (Å²) in [7, 11) is 1.64. The molecular formula is C16H22N4O. The van der Waals surface area contributed by atoms with Crippen molar-refractivity contribution >= 4 is 0 Å². The second kappa shape index (κ2) is 6.26. The van der Waals surface area contributed by atoms with E-state index >= 15 is 0 Å². The average molecular weight is 286 g/mol. The summed E-state index contributed by atoms with van der Waals surface area (Å²) in [5.74, 6) is 0.736. The van der Waals surface area contributed by atoms with Gasteiger partial charge in [-0.25, -0.2) is 0 Å². The molecule has 2 N–H and O–H groups in total. The van der Waals surface area contributed by atoms with Crippen molar-refractivity contribution in [1.29, 1.82) is 0 Å². The maximum atomic E-state index is 6.31. The highest BCUT2D eigenvalue weighted by Gasteiger charge is 2.19. The van der Waals surface area contributed by atoms with Crippen LogP contribution in [0.4, 0.5) is 0 Å². The fourth-order valence-electron chi connectivity index (χ4n) is 3.06. The van der Waals surface area contributed by atoms with Gasteiger partial charge >= 0.3 is 0 Å². The monoisotopic (exact) mass is 286 g/mol. The Kier molecular flexibility index (Phi) is 4.20. The minimum atomic E-state index is -0.130. The topological polar surface area (TPSA) is 66.0 Å². The molecule has 1 atom stereocenters. The van der Waals surface area contributed by atoms with Gasteiger partial charge in [-0.3, -0.25) is 9.67 Å². The lowest BCUT2D eigenvalue weighted by molar-refractivity contribution is 0.403. The number of nitrogens with two attached hydrogens (primary N) is 1. The van der Waals surface area contributed by atoms with E-state index < -0.39 is 0 Å². The highest BCUT2D eigenvalue weighted by molar-refractivity contribution is 5.33. The number of hydrogen-bond acceptors (Lipinski definition) is 4. The fraction of sp³-hybridized carbons (Fsp3) is 0.500. The lowest BCUT2D eigenvalue weighted by Crippen LogP contribution is -2.15. The van der Waals surface area contributed by atoms with Crippen LogP contribution in [-0.2, 0) is 6.42 Å². The zero-order chi connectivity index (χ0) is 14.7. The van der Waals surface area contributed by atoms with E-state index in [1.165, 1.54) is 25.7 Å². The number of rotatable bonds is 5. The van der Waals surface area contributed by atoms with Crippen molar-refractivity contribution in [2.75, 3.05) is 7.11 Å². The van der Waals surface area contributed by atoms with E-state index in [9.17, 15) is 0 Å².